The molecule has 6 atom stereocenters. The molecule has 10 heteroatoms. The standard InChI is InChI=1S/C27H54N3O6P/c1-19-13-16-22(28(10)25(19,4)5)31-34-37(35-32-23-17-14-20(2)26(6,7)29(23)11)36-33-24-18-15-21(3)27(8,9)30(24)12/h19-24H,13-18H2,1-12H3. The fourth-order valence-corrected chi connectivity index (χ4v) is 6.19. The van der Waals surface area contributed by atoms with E-state index in [0.29, 0.717) is 17.8 Å². The lowest BCUT2D eigenvalue weighted by Gasteiger charge is -2.49. The Morgan fingerprint density at radius 2 is 0.730 bits per heavy atom. The van der Waals surface area contributed by atoms with E-state index in [1.807, 2.05) is 0 Å². The molecule has 0 spiro atoms. The summed E-state index contributed by atoms with van der Waals surface area (Å²) in [6, 6.07) is 0. The molecule has 3 fully saturated rings. The molecule has 37 heavy (non-hydrogen) atoms. The van der Waals surface area contributed by atoms with Gasteiger partial charge in [-0.1, -0.05) is 20.8 Å². The van der Waals surface area contributed by atoms with Crippen molar-refractivity contribution < 1.29 is 28.7 Å². The Kier molecular flexibility index (Phi) is 10.5. The highest BCUT2D eigenvalue weighted by molar-refractivity contribution is 7.41. The van der Waals surface area contributed by atoms with Crippen LogP contribution in [0.2, 0.25) is 0 Å². The van der Waals surface area contributed by atoms with Gasteiger partial charge in [0.1, 0.15) is 18.7 Å². The minimum Gasteiger partial charge on any atom is -0.273 e. The smallest absolute Gasteiger partial charge is 0.273 e. The maximum atomic E-state index is 5.91. The third-order valence-electron chi connectivity index (χ3n) is 10.8. The van der Waals surface area contributed by atoms with Gasteiger partial charge >= 0.3 is 8.60 Å². The Balaban J connectivity index is 1.63. The molecule has 3 saturated heterocycles. The number of rotatable bonds is 9. The largest absolute Gasteiger partial charge is 0.421 e. The van der Waals surface area contributed by atoms with Crippen LogP contribution in [0.1, 0.15) is 101 Å². The van der Waals surface area contributed by atoms with Gasteiger partial charge in [0, 0.05) is 16.6 Å². The molecular formula is C27H54N3O6P. The Hall–Kier alpha value is 0.0700. The van der Waals surface area contributed by atoms with Gasteiger partial charge in [-0.15, -0.1) is 14.0 Å². The molecule has 0 aromatic carbocycles. The van der Waals surface area contributed by atoms with Crippen molar-refractivity contribution in [3.8, 4) is 0 Å². The van der Waals surface area contributed by atoms with Crippen LogP contribution < -0.4 is 0 Å². The van der Waals surface area contributed by atoms with Gasteiger partial charge in [0.15, 0.2) is 0 Å². The fraction of sp³-hybridized carbons (Fsp3) is 1.00. The van der Waals surface area contributed by atoms with E-state index >= 15 is 0 Å². The van der Waals surface area contributed by atoms with Crippen LogP contribution in [-0.2, 0) is 28.7 Å². The van der Waals surface area contributed by atoms with Crippen LogP contribution in [0, 0.1) is 17.8 Å². The first-order chi connectivity index (χ1) is 17.1. The molecule has 3 aliphatic heterocycles. The van der Waals surface area contributed by atoms with E-state index in [0.717, 1.165) is 38.5 Å². The molecule has 218 valence electrons. The molecule has 0 aromatic rings. The van der Waals surface area contributed by atoms with Crippen molar-refractivity contribution in [2.45, 2.75) is 136 Å². The summed E-state index contributed by atoms with van der Waals surface area (Å²) in [5.41, 5.74) is -0.0300. The highest BCUT2D eigenvalue weighted by atomic mass is 31.2. The van der Waals surface area contributed by atoms with Crippen molar-refractivity contribution in [1.82, 2.24) is 14.7 Å². The number of piperidine rings is 3. The molecule has 0 radical (unpaired) electrons. The monoisotopic (exact) mass is 547 g/mol. The lowest BCUT2D eigenvalue weighted by molar-refractivity contribution is -0.380. The van der Waals surface area contributed by atoms with E-state index in [4.69, 9.17) is 28.7 Å². The van der Waals surface area contributed by atoms with Gasteiger partial charge in [-0.25, -0.2) is 14.7 Å². The van der Waals surface area contributed by atoms with Gasteiger partial charge in [0.2, 0.25) is 0 Å². The Bertz CT molecular complexity index is 646. The predicted molar refractivity (Wildman–Crippen MR) is 146 cm³/mol. The van der Waals surface area contributed by atoms with E-state index in [1.165, 1.54) is 0 Å². The zero-order chi connectivity index (χ0) is 27.8. The summed E-state index contributed by atoms with van der Waals surface area (Å²) in [6.07, 6.45) is 5.12. The molecular weight excluding hydrogens is 493 g/mol. The minimum absolute atomic E-state index is 0.0100. The van der Waals surface area contributed by atoms with Crippen LogP contribution in [0.25, 0.3) is 0 Å². The third kappa shape index (κ3) is 6.87. The zero-order valence-electron chi connectivity index (χ0n) is 25.4. The lowest BCUT2D eigenvalue weighted by Crippen LogP contribution is -2.56. The number of likely N-dealkylation sites (tertiary alicyclic amines) is 3. The molecule has 0 amide bonds. The Labute approximate surface area is 227 Å². The van der Waals surface area contributed by atoms with Gasteiger partial charge in [-0.2, -0.15) is 0 Å². The highest BCUT2D eigenvalue weighted by Crippen LogP contribution is 2.46. The SMILES string of the molecule is CC1CCC(OOP(OOC2CCC(C)C(C)(C)N2C)OOC2CCC(C)C(C)(C)N2C)N(C)C1(C)C. The maximum absolute atomic E-state index is 5.91. The third-order valence-corrected chi connectivity index (χ3v) is 11.4. The van der Waals surface area contributed by atoms with Crippen molar-refractivity contribution >= 4 is 8.60 Å². The summed E-state index contributed by atoms with van der Waals surface area (Å²) in [5, 5.41) is 0. The molecule has 0 saturated carbocycles. The van der Waals surface area contributed by atoms with Crippen LogP contribution in [0.4, 0.5) is 0 Å². The minimum atomic E-state index is -2.06. The number of hydrogen-bond donors (Lipinski definition) is 0. The van der Waals surface area contributed by atoms with Gasteiger partial charge in [0.05, 0.1) is 0 Å². The second-order valence-corrected chi connectivity index (χ2v) is 14.2. The molecule has 3 rings (SSSR count). The van der Waals surface area contributed by atoms with E-state index < -0.39 is 8.60 Å². The second kappa shape index (κ2) is 12.3. The average Bonchev–Trinajstić information content (AvgIpc) is 2.83. The van der Waals surface area contributed by atoms with Crippen molar-refractivity contribution in [2.24, 2.45) is 17.8 Å². The molecule has 6 unspecified atom stereocenters. The zero-order valence-corrected chi connectivity index (χ0v) is 26.3. The van der Waals surface area contributed by atoms with E-state index in [-0.39, 0.29) is 35.3 Å². The first kappa shape index (κ1) is 31.6. The fourth-order valence-electron chi connectivity index (χ4n) is 5.60. The van der Waals surface area contributed by atoms with E-state index in [2.05, 4.69) is 98.2 Å². The topological polar surface area (TPSA) is 65.1 Å². The molecule has 9 nitrogen and oxygen atoms in total. The van der Waals surface area contributed by atoms with Crippen molar-refractivity contribution in [2.75, 3.05) is 21.1 Å². The Morgan fingerprint density at radius 1 is 0.486 bits per heavy atom. The van der Waals surface area contributed by atoms with Crippen molar-refractivity contribution in [1.29, 1.82) is 0 Å². The predicted octanol–water partition coefficient (Wildman–Crippen LogP) is 6.46. The highest BCUT2D eigenvalue weighted by Gasteiger charge is 2.44. The maximum Gasteiger partial charge on any atom is 0.421 e. The van der Waals surface area contributed by atoms with Crippen molar-refractivity contribution in [3.05, 3.63) is 0 Å². The summed E-state index contributed by atoms with van der Waals surface area (Å²) >= 11 is 0. The first-order valence-electron chi connectivity index (χ1n) is 14.1. The van der Waals surface area contributed by atoms with Crippen molar-refractivity contribution in [3.63, 3.8) is 0 Å². The van der Waals surface area contributed by atoms with Crippen LogP contribution in [-0.4, -0.2) is 71.1 Å². The van der Waals surface area contributed by atoms with Crippen LogP contribution in [0.5, 0.6) is 0 Å². The number of nitrogens with zero attached hydrogens (tertiary/aromatic N) is 3. The van der Waals surface area contributed by atoms with Crippen LogP contribution in [0.15, 0.2) is 0 Å². The molecule has 0 aliphatic carbocycles. The lowest BCUT2D eigenvalue weighted by atomic mass is 9.80. The molecule has 0 aromatic heterocycles. The molecule has 0 N–H and O–H groups in total. The quantitative estimate of drug-likeness (QED) is 0.184. The summed E-state index contributed by atoms with van der Waals surface area (Å²) in [5.74, 6) is 1.66. The van der Waals surface area contributed by atoms with E-state index in [9.17, 15) is 0 Å². The van der Waals surface area contributed by atoms with Gasteiger partial charge in [-0.3, -0.25) is 14.7 Å². The molecule has 0 bridgehead atoms. The van der Waals surface area contributed by atoms with Gasteiger partial charge in [-0.05, 0) is 119 Å². The molecule has 3 aliphatic rings. The first-order valence-corrected chi connectivity index (χ1v) is 15.2. The average molecular weight is 548 g/mol. The summed E-state index contributed by atoms with van der Waals surface area (Å²) in [4.78, 5) is 24.4. The molecule has 3 heterocycles. The van der Waals surface area contributed by atoms with E-state index in [1.54, 1.807) is 0 Å². The summed E-state index contributed by atoms with van der Waals surface area (Å²) in [6.45, 7) is 20.2. The second-order valence-electron chi connectivity index (χ2n) is 13.3. The summed E-state index contributed by atoms with van der Waals surface area (Å²) in [7, 11) is 4.15. The van der Waals surface area contributed by atoms with Crippen LogP contribution in [0.3, 0.4) is 0 Å². The van der Waals surface area contributed by atoms with Crippen LogP contribution >= 0.6 is 8.60 Å². The summed E-state index contributed by atoms with van der Waals surface area (Å²) < 4.78 is 17.3. The number of hydrogen-bond acceptors (Lipinski definition) is 9. The normalized spacial score (nSPS) is 37.9. The van der Waals surface area contributed by atoms with Gasteiger partial charge in [0.25, 0.3) is 0 Å². The Morgan fingerprint density at radius 3 is 0.973 bits per heavy atom. The van der Waals surface area contributed by atoms with Gasteiger partial charge < -0.3 is 0 Å².